The molecule has 0 aliphatic carbocycles. The Morgan fingerprint density at radius 3 is 1.54 bits per heavy atom. The van der Waals surface area contributed by atoms with Crippen molar-refractivity contribution in [2.75, 3.05) is 0 Å². The van der Waals surface area contributed by atoms with Crippen LogP contribution in [0.4, 0.5) is 5.69 Å². The number of hydrogen-bond donors (Lipinski definition) is 0. The number of nitro benzene ring substituents is 1. The van der Waals surface area contributed by atoms with Gasteiger partial charge in [0.1, 0.15) is 0 Å². The van der Waals surface area contributed by atoms with Gasteiger partial charge in [-0.05, 0) is 42.7 Å². The quantitative estimate of drug-likeness (QED) is 0.368. The molecule has 3 rings (SSSR count). The molecule has 120 valence electrons. The zero-order valence-corrected chi connectivity index (χ0v) is 13.8. The highest BCUT2D eigenvalue weighted by Gasteiger charge is 2.21. The van der Waals surface area contributed by atoms with Crippen LogP contribution in [0, 0.1) is 24.0 Å². The smallest absolute Gasteiger partial charge is 0.258 e. The summed E-state index contributed by atoms with van der Waals surface area (Å²) in [5.74, 6) is 0.0607. The maximum atomic E-state index is 11.3. The first-order chi connectivity index (χ1) is 11.6. The second-order valence-electron chi connectivity index (χ2n) is 6.01. The van der Waals surface area contributed by atoms with Gasteiger partial charge in [0.2, 0.25) is 0 Å². The molecule has 3 heteroatoms. The molecule has 0 bridgehead atoms. The van der Waals surface area contributed by atoms with E-state index in [9.17, 15) is 10.1 Å². The highest BCUT2D eigenvalue weighted by atomic mass is 16.6. The van der Waals surface area contributed by atoms with Crippen molar-refractivity contribution < 1.29 is 4.92 Å². The number of rotatable bonds is 4. The molecule has 0 saturated heterocycles. The van der Waals surface area contributed by atoms with Gasteiger partial charge in [-0.1, -0.05) is 60.7 Å². The van der Waals surface area contributed by atoms with Gasteiger partial charge < -0.3 is 0 Å². The fourth-order valence-corrected chi connectivity index (χ4v) is 3.31. The van der Waals surface area contributed by atoms with Crippen LogP contribution in [0.15, 0.2) is 72.8 Å². The van der Waals surface area contributed by atoms with Gasteiger partial charge in [0, 0.05) is 17.0 Å². The third-order valence-corrected chi connectivity index (χ3v) is 4.30. The van der Waals surface area contributed by atoms with Gasteiger partial charge in [-0.3, -0.25) is 10.1 Å². The van der Waals surface area contributed by atoms with Crippen molar-refractivity contribution in [3.63, 3.8) is 0 Å². The molecule has 0 N–H and O–H groups in total. The lowest BCUT2D eigenvalue weighted by Gasteiger charge is -2.20. The Morgan fingerprint density at radius 1 is 0.750 bits per heavy atom. The number of benzene rings is 3. The fourth-order valence-electron chi connectivity index (χ4n) is 3.31. The summed E-state index contributed by atoms with van der Waals surface area (Å²) in [7, 11) is 0. The first-order valence-corrected chi connectivity index (χ1v) is 7.93. The van der Waals surface area contributed by atoms with Crippen molar-refractivity contribution in [2.45, 2.75) is 19.8 Å². The molecule has 3 nitrogen and oxygen atoms in total. The summed E-state index contributed by atoms with van der Waals surface area (Å²) in [6, 6.07) is 24.4. The van der Waals surface area contributed by atoms with E-state index >= 15 is 0 Å². The van der Waals surface area contributed by atoms with Crippen LogP contribution in [0.1, 0.15) is 33.7 Å². The Hall–Kier alpha value is -2.94. The molecule has 0 amide bonds. The van der Waals surface area contributed by atoms with Crippen LogP contribution in [0.3, 0.4) is 0 Å². The highest BCUT2D eigenvalue weighted by molar-refractivity contribution is 5.53. The standard InChI is InChI=1S/C21H19NO2/c1-15-13-19(14-16(2)21(15)22(23)24)20(17-9-5-3-6-10-17)18-11-7-4-8-12-18/h3-14,20H,1-2H3. The van der Waals surface area contributed by atoms with Crippen LogP contribution >= 0.6 is 0 Å². The Kier molecular flexibility index (Phi) is 4.43. The molecular weight excluding hydrogens is 298 g/mol. The molecule has 0 aliphatic heterocycles. The van der Waals surface area contributed by atoms with Gasteiger partial charge >= 0.3 is 0 Å². The molecule has 0 aromatic heterocycles. The van der Waals surface area contributed by atoms with Crippen LogP contribution < -0.4 is 0 Å². The third kappa shape index (κ3) is 3.06. The second-order valence-corrected chi connectivity index (χ2v) is 6.01. The van der Waals surface area contributed by atoms with Crippen LogP contribution in [-0.4, -0.2) is 4.92 Å². The average molecular weight is 317 g/mol. The van der Waals surface area contributed by atoms with E-state index in [1.807, 2.05) is 62.4 Å². The Balaban J connectivity index is 2.19. The van der Waals surface area contributed by atoms with E-state index in [2.05, 4.69) is 24.3 Å². The molecular formula is C21H19NO2. The van der Waals surface area contributed by atoms with E-state index in [0.29, 0.717) is 11.1 Å². The molecule has 0 spiro atoms. The Morgan fingerprint density at radius 2 is 1.17 bits per heavy atom. The maximum Gasteiger partial charge on any atom is 0.275 e. The Labute approximate surface area is 141 Å². The number of nitro groups is 1. The van der Waals surface area contributed by atoms with E-state index in [1.165, 1.54) is 11.1 Å². The summed E-state index contributed by atoms with van der Waals surface area (Å²) >= 11 is 0. The molecule has 0 heterocycles. The summed E-state index contributed by atoms with van der Waals surface area (Å²) in [4.78, 5) is 11.0. The lowest BCUT2D eigenvalue weighted by atomic mass is 9.83. The van der Waals surface area contributed by atoms with Crippen LogP contribution in [0.2, 0.25) is 0 Å². The molecule has 24 heavy (non-hydrogen) atoms. The minimum atomic E-state index is -0.297. The molecule has 0 atom stereocenters. The van der Waals surface area contributed by atoms with Gasteiger partial charge in [0.05, 0.1) is 4.92 Å². The van der Waals surface area contributed by atoms with Crippen molar-refractivity contribution in [3.05, 3.63) is 111 Å². The van der Waals surface area contributed by atoms with Gasteiger partial charge in [-0.15, -0.1) is 0 Å². The predicted molar refractivity (Wildman–Crippen MR) is 96.4 cm³/mol. The van der Waals surface area contributed by atoms with E-state index in [4.69, 9.17) is 0 Å². The van der Waals surface area contributed by atoms with Gasteiger partial charge in [0.15, 0.2) is 0 Å². The predicted octanol–water partition coefficient (Wildman–Crippen LogP) is 5.39. The van der Waals surface area contributed by atoms with Crippen LogP contribution in [0.25, 0.3) is 0 Å². The van der Waals surface area contributed by atoms with E-state index in [0.717, 1.165) is 5.56 Å². The van der Waals surface area contributed by atoms with Crippen molar-refractivity contribution in [1.82, 2.24) is 0 Å². The largest absolute Gasteiger partial charge is 0.275 e. The van der Waals surface area contributed by atoms with E-state index < -0.39 is 0 Å². The lowest BCUT2D eigenvalue weighted by Crippen LogP contribution is -2.05. The van der Waals surface area contributed by atoms with E-state index in [1.54, 1.807) is 0 Å². The normalized spacial score (nSPS) is 10.8. The summed E-state index contributed by atoms with van der Waals surface area (Å²) in [6.07, 6.45) is 0. The second kappa shape index (κ2) is 6.67. The molecule has 0 aliphatic rings. The molecule has 3 aromatic rings. The van der Waals surface area contributed by atoms with Gasteiger partial charge in [0.25, 0.3) is 5.69 Å². The maximum absolute atomic E-state index is 11.3. The fraction of sp³-hybridized carbons (Fsp3) is 0.143. The van der Waals surface area contributed by atoms with Crippen molar-refractivity contribution in [3.8, 4) is 0 Å². The molecule has 0 radical (unpaired) electrons. The average Bonchev–Trinajstić information content (AvgIpc) is 2.56. The summed E-state index contributed by atoms with van der Waals surface area (Å²) in [5, 5.41) is 11.3. The monoisotopic (exact) mass is 317 g/mol. The van der Waals surface area contributed by atoms with Crippen molar-refractivity contribution in [2.24, 2.45) is 0 Å². The first kappa shape index (κ1) is 15.9. The SMILES string of the molecule is Cc1cc(C(c2ccccc2)c2ccccc2)cc(C)c1[N+](=O)[O-]. The van der Waals surface area contributed by atoms with Gasteiger partial charge in [-0.2, -0.15) is 0 Å². The Bertz CT molecular complexity index is 795. The number of hydrogen-bond acceptors (Lipinski definition) is 2. The molecule has 3 aromatic carbocycles. The zero-order chi connectivity index (χ0) is 17.1. The number of nitrogens with zero attached hydrogens (tertiary/aromatic N) is 1. The molecule has 0 unspecified atom stereocenters. The lowest BCUT2D eigenvalue weighted by molar-refractivity contribution is -0.386. The zero-order valence-electron chi connectivity index (χ0n) is 13.8. The van der Waals surface area contributed by atoms with Gasteiger partial charge in [-0.25, -0.2) is 0 Å². The summed E-state index contributed by atoms with van der Waals surface area (Å²) < 4.78 is 0. The van der Waals surface area contributed by atoms with Crippen molar-refractivity contribution >= 4 is 5.69 Å². The molecule has 0 fully saturated rings. The first-order valence-electron chi connectivity index (χ1n) is 7.93. The van der Waals surface area contributed by atoms with Crippen LogP contribution in [0.5, 0.6) is 0 Å². The number of aryl methyl sites for hydroxylation is 2. The van der Waals surface area contributed by atoms with Crippen molar-refractivity contribution in [1.29, 1.82) is 0 Å². The third-order valence-electron chi connectivity index (χ3n) is 4.30. The topological polar surface area (TPSA) is 43.1 Å². The highest BCUT2D eigenvalue weighted by Crippen LogP contribution is 2.35. The summed E-state index contributed by atoms with van der Waals surface area (Å²) in [5.41, 5.74) is 5.04. The van der Waals surface area contributed by atoms with E-state index in [-0.39, 0.29) is 16.5 Å². The minimum absolute atomic E-state index is 0.0607. The summed E-state index contributed by atoms with van der Waals surface area (Å²) in [6.45, 7) is 3.61. The molecule has 0 saturated carbocycles. The minimum Gasteiger partial charge on any atom is -0.258 e. The van der Waals surface area contributed by atoms with Crippen LogP contribution in [-0.2, 0) is 0 Å².